The molecule has 1 aromatic heterocycles. The molecule has 1 saturated carbocycles. The number of carbonyl (C=O) groups is 2. The van der Waals surface area contributed by atoms with Gasteiger partial charge in [0, 0.05) is 30.8 Å². The fourth-order valence-corrected chi connectivity index (χ4v) is 4.17. The number of anilines is 1. The van der Waals surface area contributed by atoms with Gasteiger partial charge in [-0.2, -0.15) is 5.10 Å². The molecule has 6 nitrogen and oxygen atoms in total. The number of thioether (sulfide) groups is 1. The molecule has 144 valence electrons. The molecule has 1 aliphatic rings. The Hall–Kier alpha value is -2.28. The molecule has 3 rings (SSSR count). The predicted molar refractivity (Wildman–Crippen MR) is 108 cm³/mol. The molecule has 7 heteroatoms. The van der Waals surface area contributed by atoms with Crippen molar-refractivity contribution in [2.24, 2.45) is 13.0 Å². The molecule has 0 saturated heterocycles. The van der Waals surface area contributed by atoms with Gasteiger partial charge in [0.25, 0.3) is 5.91 Å². The first-order valence-corrected chi connectivity index (χ1v) is 10.4. The van der Waals surface area contributed by atoms with E-state index in [0.717, 1.165) is 11.4 Å². The summed E-state index contributed by atoms with van der Waals surface area (Å²) < 4.78 is 1.63. The van der Waals surface area contributed by atoms with Crippen molar-refractivity contribution in [1.82, 2.24) is 15.1 Å². The maximum Gasteiger partial charge on any atom is 0.257 e. The Morgan fingerprint density at radius 3 is 2.70 bits per heavy atom. The average Bonchev–Trinajstić information content (AvgIpc) is 3.10. The second-order valence-corrected chi connectivity index (χ2v) is 7.94. The zero-order valence-corrected chi connectivity index (χ0v) is 16.4. The third-order valence-corrected chi connectivity index (χ3v) is 5.83. The maximum absolute atomic E-state index is 12.5. The van der Waals surface area contributed by atoms with Crippen LogP contribution in [0.4, 0.5) is 5.82 Å². The second-order valence-electron chi connectivity index (χ2n) is 6.92. The van der Waals surface area contributed by atoms with Gasteiger partial charge in [-0.25, -0.2) is 0 Å². The van der Waals surface area contributed by atoms with Crippen LogP contribution in [-0.4, -0.2) is 33.9 Å². The van der Waals surface area contributed by atoms with Gasteiger partial charge in [-0.1, -0.05) is 31.4 Å². The molecule has 1 fully saturated rings. The van der Waals surface area contributed by atoms with Crippen molar-refractivity contribution in [2.75, 3.05) is 17.6 Å². The third kappa shape index (κ3) is 5.85. The van der Waals surface area contributed by atoms with Crippen molar-refractivity contribution in [2.45, 2.75) is 37.0 Å². The molecule has 0 spiro atoms. The summed E-state index contributed by atoms with van der Waals surface area (Å²) in [7, 11) is 1.80. The fraction of sp³-hybridized carbons (Fsp3) is 0.450. The Labute approximate surface area is 164 Å². The average molecular weight is 387 g/mol. The smallest absolute Gasteiger partial charge is 0.257 e. The lowest BCUT2D eigenvalue weighted by Gasteiger charge is -2.21. The predicted octanol–water partition coefficient (Wildman–Crippen LogP) is 3.46. The molecule has 0 unspecified atom stereocenters. The number of benzene rings is 1. The number of nitrogens with zero attached hydrogens (tertiary/aromatic N) is 2. The molecule has 27 heavy (non-hydrogen) atoms. The summed E-state index contributed by atoms with van der Waals surface area (Å²) in [6, 6.07) is 9.07. The molecular weight excluding hydrogens is 360 g/mol. The minimum absolute atomic E-state index is 0.0190. The molecular formula is C20H26N4O2S. The molecule has 1 aromatic carbocycles. The standard InChI is InChI=1S/C20H26N4O2S/c1-24-12-11-18(23-24)22-20(26)16-9-5-6-10-17(16)27-14-19(25)21-13-15-7-3-2-4-8-15/h5-6,9-12,15H,2-4,7-8,13-14H2,1H3,(H,21,25)(H,22,23,26). The van der Waals surface area contributed by atoms with E-state index in [2.05, 4.69) is 15.7 Å². The number of aromatic nitrogens is 2. The highest BCUT2D eigenvalue weighted by Crippen LogP contribution is 2.24. The van der Waals surface area contributed by atoms with Gasteiger partial charge in [0.1, 0.15) is 0 Å². The molecule has 0 atom stereocenters. The SMILES string of the molecule is Cn1ccc(NC(=O)c2ccccc2SCC(=O)NCC2CCCCC2)n1. The first-order chi connectivity index (χ1) is 13.1. The largest absolute Gasteiger partial charge is 0.355 e. The van der Waals surface area contributed by atoms with Crippen LogP contribution in [0.25, 0.3) is 0 Å². The van der Waals surface area contributed by atoms with Crippen molar-refractivity contribution in [1.29, 1.82) is 0 Å². The van der Waals surface area contributed by atoms with Crippen LogP contribution < -0.4 is 10.6 Å². The molecule has 2 aromatic rings. The zero-order chi connectivity index (χ0) is 19.1. The van der Waals surface area contributed by atoms with E-state index in [9.17, 15) is 9.59 Å². The highest BCUT2D eigenvalue weighted by Gasteiger charge is 2.16. The van der Waals surface area contributed by atoms with Crippen molar-refractivity contribution < 1.29 is 9.59 Å². The normalized spacial score (nSPS) is 14.7. The first kappa shape index (κ1) is 19.5. The number of nitrogens with one attached hydrogen (secondary N) is 2. The van der Waals surface area contributed by atoms with Gasteiger partial charge in [0.05, 0.1) is 11.3 Å². The van der Waals surface area contributed by atoms with Gasteiger partial charge in [-0.15, -0.1) is 11.8 Å². The third-order valence-electron chi connectivity index (χ3n) is 4.76. The van der Waals surface area contributed by atoms with Crippen LogP contribution in [0.2, 0.25) is 0 Å². The maximum atomic E-state index is 12.5. The van der Waals surface area contributed by atoms with Gasteiger partial charge < -0.3 is 10.6 Å². The van der Waals surface area contributed by atoms with Gasteiger partial charge >= 0.3 is 0 Å². The summed E-state index contributed by atoms with van der Waals surface area (Å²) >= 11 is 1.39. The number of carbonyl (C=O) groups excluding carboxylic acids is 2. The Morgan fingerprint density at radius 1 is 1.19 bits per heavy atom. The Balaban J connectivity index is 1.52. The van der Waals surface area contributed by atoms with Crippen LogP contribution >= 0.6 is 11.8 Å². The molecule has 2 amide bonds. The number of aryl methyl sites for hydroxylation is 1. The summed E-state index contributed by atoms with van der Waals surface area (Å²) in [5.41, 5.74) is 0.549. The molecule has 1 heterocycles. The summed E-state index contributed by atoms with van der Waals surface area (Å²) in [5, 5.41) is 9.99. The van der Waals surface area contributed by atoms with Crippen LogP contribution in [0.15, 0.2) is 41.4 Å². The van der Waals surface area contributed by atoms with Crippen LogP contribution in [-0.2, 0) is 11.8 Å². The van der Waals surface area contributed by atoms with Crippen molar-refractivity contribution in [3.8, 4) is 0 Å². The van der Waals surface area contributed by atoms with Crippen molar-refractivity contribution >= 4 is 29.4 Å². The minimum atomic E-state index is -0.223. The van der Waals surface area contributed by atoms with E-state index in [1.807, 2.05) is 18.2 Å². The lowest BCUT2D eigenvalue weighted by atomic mass is 9.89. The Morgan fingerprint density at radius 2 is 1.96 bits per heavy atom. The summed E-state index contributed by atoms with van der Waals surface area (Å²) in [5.74, 6) is 1.22. The van der Waals surface area contributed by atoms with Crippen LogP contribution in [0.5, 0.6) is 0 Å². The van der Waals surface area contributed by atoms with E-state index in [1.165, 1.54) is 43.9 Å². The number of amides is 2. The molecule has 2 N–H and O–H groups in total. The van der Waals surface area contributed by atoms with Gasteiger partial charge in [0.2, 0.25) is 5.91 Å². The monoisotopic (exact) mass is 386 g/mol. The van der Waals surface area contributed by atoms with Crippen molar-refractivity contribution in [3.63, 3.8) is 0 Å². The van der Waals surface area contributed by atoms with Crippen LogP contribution in [0.1, 0.15) is 42.5 Å². The molecule has 0 bridgehead atoms. The second kappa shape index (κ2) is 9.60. The Kier molecular flexibility index (Phi) is 6.92. The summed E-state index contributed by atoms with van der Waals surface area (Å²) in [6.45, 7) is 0.765. The van der Waals surface area contributed by atoms with Crippen molar-refractivity contribution in [3.05, 3.63) is 42.1 Å². The molecule has 1 aliphatic carbocycles. The first-order valence-electron chi connectivity index (χ1n) is 9.41. The molecule has 0 aliphatic heterocycles. The quantitative estimate of drug-likeness (QED) is 0.715. The van der Waals surface area contributed by atoms with E-state index in [-0.39, 0.29) is 11.8 Å². The van der Waals surface area contributed by atoms with E-state index in [4.69, 9.17) is 0 Å². The van der Waals surface area contributed by atoms with E-state index in [0.29, 0.717) is 23.1 Å². The van der Waals surface area contributed by atoms with Crippen LogP contribution in [0.3, 0.4) is 0 Å². The highest BCUT2D eigenvalue weighted by atomic mass is 32.2. The van der Waals surface area contributed by atoms with E-state index >= 15 is 0 Å². The topological polar surface area (TPSA) is 76.0 Å². The Bertz CT molecular complexity index is 784. The van der Waals surface area contributed by atoms with E-state index < -0.39 is 0 Å². The minimum Gasteiger partial charge on any atom is -0.355 e. The lowest BCUT2D eigenvalue weighted by molar-refractivity contribution is -0.118. The lowest BCUT2D eigenvalue weighted by Crippen LogP contribution is -2.31. The zero-order valence-electron chi connectivity index (χ0n) is 15.6. The van der Waals surface area contributed by atoms with Gasteiger partial charge in [-0.3, -0.25) is 14.3 Å². The summed E-state index contributed by atoms with van der Waals surface area (Å²) in [4.78, 5) is 25.5. The van der Waals surface area contributed by atoms with E-state index in [1.54, 1.807) is 30.1 Å². The summed E-state index contributed by atoms with van der Waals surface area (Å²) in [6.07, 6.45) is 8.06. The van der Waals surface area contributed by atoms with Gasteiger partial charge in [0.15, 0.2) is 5.82 Å². The molecule has 0 radical (unpaired) electrons. The van der Waals surface area contributed by atoms with Crippen LogP contribution in [0, 0.1) is 5.92 Å². The number of hydrogen-bond acceptors (Lipinski definition) is 4. The highest BCUT2D eigenvalue weighted by molar-refractivity contribution is 8.00. The number of rotatable bonds is 7. The van der Waals surface area contributed by atoms with Gasteiger partial charge in [-0.05, 0) is 30.9 Å². The fourth-order valence-electron chi connectivity index (χ4n) is 3.29. The number of hydrogen-bond donors (Lipinski definition) is 2.